The van der Waals surface area contributed by atoms with Crippen LogP contribution in [0.4, 0.5) is 10.6 Å². The lowest BCUT2D eigenvalue weighted by atomic mass is 10.0. The highest BCUT2D eigenvalue weighted by atomic mass is 16.5. The quantitative estimate of drug-likeness (QED) is 0.850. The van der Waals surface area contributed by atoms with E-state index in [2.05, 4.69) is 38.9 Å². The fourth-order valence-corrected chi connectivity index (χ4v) is 3.28. The van der Waals surface area contributed by atoms with Crippen molar-refractivity contribution in [3.63, 3.8) is 0 Å². The van der Waals surface area contributed by atoms with E-state index in [1.54, 1.807) is 18.6 Å². The molecule has 0 aromatic carbocycles. The lowest BCUT2D eigenvalue weighted by Crippen LogP contribution is -2.58. The molecule has 0 atom stereocenters. The minimum absolute atomic E-state index is 0.0140. The number of piperazine rings is 1. The largest absolute Gasteiger partial charge is 0.379 e. The molecular formula is C17H28N6O2. The van der Waals surface area contributed by atoms with Crippen molar-refractivity contribution in [1.82, 2.24) is 25.1 Å². The Balaban J connectivity index is 1.45. The van der Waals surface area contributed by atoms with Crippen molar-refractivity contribution in [3.05, 3.63) is 18.6 Å². The summed E-state index contributed by atoms with van der Waals surface area (Å²) in [4.78, 5) is 27.3. The molecule has 0 radical (unpaired) electrons. The molecule has 1 N–H and O–H groups in total. The first-order valence-electron chi connectivity index (χ1n) is 8.93. The summed E-state index contributed by atoms with van der Waals surface area (Å²) < 4.78 is 5.41. The first-order chi connectivity index (χ1) is 12.1. The summed E-state index contributed by atoms with van der Waals surface area (Å²) >= 11 is 0. The van der Waals surface area contributed by atoms with Gasteiger partial charge in [-0.05, 0) is 13.8 Å². The zero-order valence-electron chi connectivity index (χ0n) is 15.1. The van der Waals surface area contributed by atoms with Crippen LogP contribution in [0.5, 0.6) is 0 Å². The molecule has 1 aromatic rings. The van der Waals surface area contributed by atoms with Crippen molar-refractivity contribution >= 4 is 11.8 Å². The topological polar surface area (TPSA) is 73.8 Å². The Bertz CT molecular complexity index is 554. The van der Waals surface area contributed by atoms with Gasteiger partial charge in [0.05, 0.1) is 19.4 Å². The van der Waals surface area contributed by atoms with E-state index in [-0.39, 0.29) is 11.6 Å². The smallest absolute Gasteiger partial charge is 0.317 e. The van der Waals surface area contributed by atoms with Gasteiger partial charge in [0, 0.05) is 63.7 Å². The normalized spacial score (nSPS) is 19.8. The van der Waals surface area contributed by atoms with Gasteiger partial charge in [0.25, 0.3) is 0 Å². The Morgan fingerprint density at radius 3 is 2.52 bits per heavy atom. The molecule has 8 heteroatoms. The van der Waals surface area contributed by atoms with E-state index in [9.17, 15) is 4.79 Å². The van der Waals surface area contributed by atoms with Gasteiger partial charge in [-0.3, -0.25) is 9.88 Å². The molecule has 138 valence electrons. The van der Waals surface area contributed by atoms with Gasteiger partial charge in [0.2, 0.25) is 0 Å². The molecule has 0 saturated carbocycles. The van der Waals surface area contributed by atoms with E-state index < -0.39 is 0 Å². The summed E-state index contributed by atoms with van der Waals surface area (Å²) in [5, 5.41) is 3.10. The third-order valence-corrected chi connectivity index (χ3v) is 4.98. The summed E-state index contributed by atoms with van der Waals surface area (Å²) in [6.45, 7) is 11.3. The average Bonchev–Trinajstić information content (AvgIpc) is 2.68. The fraction of sp³-hybridized carbons (Fsp3) is 0.706. The summed E-state index contributed by atoms with van der Waals surface area (Å²) in [5.74, 6) is 0.871. The second kappa shape index (κ2) is 7.97. The van der Waals surface area contributed by atoms with Crippen molar-refractivity contribution in [2.45, 2.75) is 19.4 Å². The van der Waals surface area contributed by atoms with Crippen LogP contribution in [0.15, 0.2) is 18.6 Å². The summed E-state index contributed by atoms with van der Waals surface area (Å²) in [7, 11) is 0. The van der Waals surface area contributed by atoms with E-state index in [0.29, 0.717) is 19.6 Å². The molecule has 3 rings (SSSR count). The molecule has 25 heavy (non-hydrogen) atoms. The number of hydrogen-bond donors (Lipinski definition) is 1. The van der Waals surface area contributed by atoms with Crippen LogP contribution in [0.1, 0.15) is 13.8 Å². The maximum absolute atomic E-state index is 12.5. The molecule has 8 nitrogen and oxygen atoms in total. The molecular weight excluding hydrogens is 320 g/mol. The van der Waals surface area contributed by atoms with Gasteiger partial charge in [-0.25, -0.2) is 9.78 Å². The summed E-state index contributed by atoms with van der Waals surface area (Å²) in [6, 6.07) is 0.0140. The predicted molar refractivity (Wildman–Crippen MR) is 95.7 cm³/mol. The molecule has 3 heterocycles. The summed E-state index contributed by atoms with van der Waals surface area (Å²) in [6.07, 6.45) is 5.13. The lowest BCUT2D eigenvalue weighted by molar-refractivity contribution is -0.00905. The van der Waals surface area contributed by atoms with E-state index in [0.717, 1.165) is 45.2 Å². The van der Waals surface area contributed by atoms with Gasteiger partial charge in [-0.2, -0.15) is 0 Å². The highest BCUT2D eigenvalue weighted by Gasteiger charge is 2.30. The number of amides is 2. The van der Waals surface area contributed by atoms with Crippen molar-refractivity contribution in [2.24, 2.45) is 0 Å². The van der Waals surface area contributed by atoms with E-state index in [1.165, 1.54) is 0 Å². The number of nitrogens with zero attached hydrogens (tertiary/aromatic N) is 5. The standard InChI is InChI=1S/C17H28N6O2/c1-17(2,23-9-11-25-12-10-23)14-20-16(24)22-7-5-21(6-8-22)15-13-18-3-4-19-15/h3-4,13H,5-12,14H2,1-2H3,(H,20,24). The number of rotatable bonds is 4. The zero-order valence-corrected chi connectivity index (χ0v) is 15.1. The molecule has 2 amide bonds. The first kappa shape index (κ1) is 17.9. The van der Waals surface area contributed by atoms with Crippen LogP contribution in [0.2, 0.25) is 0 Å². The number of urea groups is 1. The van der Waals surface area contributed by atoms with Crippen LogP contribution in [-0.2, 0) is 4.74 Å². The van der Waals surface area contributed by atoms with Gasteiger partial charge in [0.1, 0.15) is 5.82 Å². The molecule has 2 aliphatic rings. The number of morpholine rings is 1. The van der Waals surface area contributed by atoms with Gasteiger partial charge >= 0.3 is 6.03 Å². The third-order valence-electron chi connectivity index (χ3n) is 4.98. The fourth-order valence-electron chi connectivity index (χ4n) is 3.28. The maximum Gasteiger partial charge on any atom is 0.317 e. The van der Waals surface area contributed by atoms with Gasteiger partial charge in [-0.15, -0.1) is 0 Å². The number of carbonyl (C=O) groups is 1. The number of anilines is 1. The van der Waals surface area contributed by atoms with E-state index in [4.69, 9.17) is 4.74 Å². The van der Waals surface area contributed by atoms with Crippen LogP contribution >= 0.6 is 0 Å². The summed E-state index contributed by atoms with van der Waals surface area (Å²) in [5.41, 5.74) is -0.0686. The third kappa shape index (κ3) is 4.58. The van der Waals surface area contributed by atoms with Gasteiger partial charge < -0.3 is 19.9 Å². The number of hydrogen-bond acceptors (Lipinski definition) is 6. The maximum atomic E-state index is 12.5. The molecule has 0 unspecified atom stereocenters. The van der Waals surface area contributed by atoms with Crippen LogP contribution in [-0.4, -0.2) is 90.4 Å². The molecule has 2 aliphatic heterocycles. The second-order valence-electron chi connectivity index (χ2n) is 7.11. The molecule has 0 bridgehead atoms. The van der Waals surface area contributed by atoms with Crippen LogP contribution in [0.25, 0.3) is 0 Å². The molecule has 2 fully saturated rings. The predicted octanol–water partition coefficient (Wildman–Crippen LogP) is 0.419. The zero-order chi connectivity index (χ0) is 17.7. The Labute approximate surface area is 149 Å². The van der Waals surface area contributed by atoms with Gasteiger partial charge in [0.15, 0.2) is 0 Å². The Morgan fingerprint density at radius 2 is 1.88 bits per heavy atom. The Kier molecular flexibility index (Phi) is 5.70. The van der Waals surface area contributed by atoms with E-state index in [1.807, 2.05) is 4.90 Å². The molecule has 0 spiro atoms. The highest BCUT2D eigenvalue weighted by Crippen LogP contribution is 2.16. The minimum Gasteiger partial charge on any atom is -0.379 e. The number of ether oxygens (including phenoxy) is 1. The van der Waals surface area contributed by atoms with Crippen LogP contribution < -0.4 is 10.2 Å². The monoisotopic (exact) mass is 348 g/mol. The molecule has 2 saturated heterocycles. The first-order valence-corrected chi connectivity index (χ1v) is 8.93. The average molecular weight is 348 g/mol. The minimum atomic E-state index is -0.0686. The van der Waals surface area contributed by atoms with Crippen molar-refractivity contribution < 1.29 is 9.53 Å². The van der Waals surface area contributed by atoms with Crippen molar-refractivity contribution in [2.75, 3.05) is 63.9 Å². The van der Waals surface area contributed by atoms with Crippen LogP contribution in [0, 0.1) is 0 Å². The number of carbonyl (C=O) groups excluding carboxylic acids is 1. The number of aromatic nitrogens is 2. The number of nitrogens with one attached hydrogen (secondary N) is 1. The molecule has 0 aliphatic carbocycles. The van der Waals surface area contributed by atoms with E-state index >= 15 is 0 Å². The highest BCUT2D eigenvalue weighted by molar-refractivity contribution is 5.74. The van der Waals surface area contributed by atoms with Crippen molar-refractivity contribution in [1.29, 1.82) is 0 Å². The Hall–Kier alpha value is -1.93. The SMILES string of the molecule is CC(C)(CNC(=O)N1CCN(c2cnccn2)CC1)N1CCOCC1. The second-order valence-corrected chi connectivity index (χ2v) is 7.11. The van der Waals surface area contributed by atoms with Crippen LogP contribution in [0.3, 0.4) is 0 Å². The molecule has 1 aromatic heterocycles. The Morgan fingerprint density at radius 1 is 1.16 bits per heavy atom. The van der Waals surface area contributed by atoms with Crippen molar-refractivity contribution in [3.8, 4) is 0 Å². The lowest BCUT2D eigenvalue weighted by Gasteiger charge is -2.41. The van der Waals surface area contributed by atoms with Gasteiger partial charge in [-0.1, -0.05) is 0 Å².